The highest BCUT2D eigenvalue weighted by molar-refractivity contribution is 5.89. The molecule has 0 saturated heterocycles. The Kier molecular flexibility index (Phi) is 3.99. The summed E-state index contributed by atoms with van der Waals surface area (Å²) >= 11 is 0. The van der Waals surface area contributed by atoms with Gasteiger partial charge in [0.2, 0.25) is 0 Å². The van der Waals surface area contributed by atoms with Gasteiger partial charge in [0.25, 0.3) is 0 Å². The molecular weight excluding hydrogens is 226 g/mol. The van der Waals surface area contributed by atoms with Crippen LogP contribution < -0.4 is 0 Å². The van der Waals surface area contributed by atoms with E-state index in [1.807, 2.05) is 6.07 Å². The molecule has 1 saturated carbocycles. The lowest BCUT2D eigenvalue weighted by molar-refractivity contribution is 0.0600. The Hall–Kier alpha value is -1.82. The molecule has 0 radical (unpaired) electrons. The van der Waals surface area contributed by atoms with Gasteiger partial charge in [0.15, 0.2) is 0 Å². The Labute approximate surface area is 107 Å². The molecule has 1 aromatic carbocycles. The quantitative estimate of drug-likeness (QED) is 0.748. The molecule has 0 amide bonds. The van der Waals surface area contributed by atoms with E-state index in [4.69, 9.17) is 10.00 Å². The third kappa shape index (κ3) is 2.53. The molecule has 18 heavy (non-hydrogen) atoms. The van der Waals surface area contributed by atoms with E-state index in [1.54, 1.807) is 12.1 Å². The monoisotopic (exact) mass is 243 g/mol. The number of benzene rings is 1. The normalized spacial score (nSPS) is 16.0. The number of nitriles is 1. The molecule has 1 fully saturated rings. The SMILES string of the molecule is COC(=O)c1ccc(C#N)c(C2CCCCC2)c1. The summed E-state index contributed by atoms with van der Waals surface area (Å²) in [6.07, 6.45) is 5.91. The number of esters is 1. The molecule has 0 bridgehead atoms. The molecule has 0 heterocycles. The molecule has 2 rings (SSSR count). The van der Waals surface area contributed by atoms with E-state index in [0.717, 1.165) is 18.4 Å². The summed E-state index contributed by atoms with van der Waals surface area (Å²) in [4.78, 5) is 11.5. The summed E-state index contributed by atoms with van der Waals surface area (Å²) < 4.78 is 4.73. The first-order chi connectivity index (χ1) is 8.76. The smallest absolute Gasteiger partial charge is 0.337 e. The zero-order valence-electron chi connectivity index (χ0n) is 10.6. The molecule has 0 aliphatic heterocycles. The van der Waals surface area contributed by atoms with Crippen LogP contribution in [0.15, 0.2) is 18.2 Å². The van der Waals surface area contributed by atoms with Crippen molar-refractivity contribution in [3.05, 3.63) is 34.9 Å². The summed E-state index contributed by atoms with van der Waals surface area (Å²) in [5.41, 5.74) is 2.24. The van der Waals surface area contributed by atoms with Crippen LogP contribution in [0.25, 0.3) is 0 Å². The van der Waals surface area contributed by atoms with Crippen molar-refractivity contribution in [2.45, 2.75) is 38.0 Å². The second-order valence-electron chi connectivity index (χ2n) is 4.74. The summed E-state index contributed by atoms with van der Waals surface area (Å²) in [7, 11) is 1.38. The average Bonchev–Trinajstić information content (AvgIpc) is 2.46. The molecule has 0 aromatic heterocycles. The van der Waals surface area contributed by atoms with Crippen molar-refractivity contribution in [1.29, 1.82) is 5.26 Å². The van der Waals surface area contributed by atoms with Crippen LogP contribution in [0.4, 0.5) is 0 Å². The maximum Gasteiger partial charge on any atom is 0.337 e. The highest BCUT2D eigenvalue weighted by Crippen LogP contribution is 2.34. The van der Waals surface area contributed by atoms with Crippen molar-refractivity contribution >= 4 is 5.97 Å². The number of ether oxygens (including phenoxy) is 1. The van der Waals surface area contributed by atoms with Gasteiger partial charge in [-0.3, -0.25) is 0 Å². The molecule has 1 aliphatic rings. The number of nitrogens with zero attached hydrogens (tertiary/aromatic N) is 1. The fraction of sp³-hybridized carbons (Fsp3) is 0.467. The van der Waals surface area contributed by atoms with Gasteiger partial charge in [-0.2, -0.15) is 5.26 Å². The van der Waals surface area contributed by atoms with Crippen molar-refractivity contribution in [1.82, 2.24) is 0 Å². The third-order valence-corrected chi connectivity index (χ3v) is 3.64. The summed E-state index contributed by atoms with van der Waals surface area (Å²) in [5.74, 6) is 0.0783. The van der Waals surface area contributed by atoms with E-state index in [9.17, 15) is 4.79 Å². The molecule has 1 aromatic rings. The largest absolute Gasteiger partial charge is 0.465 e. The lowest BCUT2D eigenvalue weighted by atomic mass is 9.81. The fourth-order valence-electron chi connectivity index (χ4n) is 2.66. The number of rotatable bonds is 2. The van der Waals surface area contributed by atoms with Crippen molar-refractivity contribution in [3.8, 4) is 6.07 Å². The topological polar surface area (TPSA) is 50.1 Å². The minimum absolute atomic E-state index is 0.337. The Morgan fingerprint density at radius 1 is 1.33 bits per heavy atom. The van der Waals surface area contributed by atoms with Crippen LogP contribution in [0.5, 0.6) is 0 Å². The molecule has 0 unspecified atom stereocenters. The predicted octanol–water partition coefficient (Wildman–Crippen LogP) is 3.39. The second kappa shape index (κ2) is 5.68. The molecule has 0 atom stereocenters. The van der Waals surface area contributed by atoms with Crippen LogP contribution in [-0.2, 0) is 4.74 Å². The van der Waals surface area contributed by atoms with Crippen LogP contribution in [0.1, 0.15) is 59.5 Å². The van der Waals surface area contributed by atoms with Gasteiger partial charge in [-0.15, -0.1) is 0 Å². The van der Waals surface area contributed by atoms with E-state index in [0.29, 0.717) is 17.0 Å². The number of hydrogen-bond acceptors (Lipinski definition) is 3. The van der Waals surface area contributed by atoms with Crippen LogP contribution in [0.2, 0.25) is 0 Å². The zero-order chi connectivity index (χ0) is 13.0. The zero-order valence-corrected chi connectivity index (χ0v) is 10.6. The minimum Gasteiger partial charge on any atom is -0.465 e. The van der Waals surface area contributed by atoms with Gasteiger partial charge in [-0.25, -0.2) is 4.79 Å². The van der Waals surface area contributed by atoms with E-state index in [1.165, 1.54) is 26.4 Å². The maximum absolute atomic E-state index is 11.5. The molecule has 0 N–H and O–H groups in total. The molecule has 1 aliphatic carbocycles. The predicted molar refractivity (Wildman–Crippen MR) is 68.3 cm³/mol. The van der Waals surface area contributed by atoms with Crippen molar-refractivity contribution in [2.24, 2.45) is 0 Å². The molecule has 0 spiro atoms. The Balaban J connectivity index is 2.36. The number of carbonyl (C=O) groups excluding carboxylic acids is 1. The average molecular weight is 243 g/mol. The summed E-state index contributed by atoms with van der Waals surface area (Å²) in [6, 6.07) is 7.45. The van der Waals surface area contributed by atoms with Gasteiger partial charge in [0.05, 0.1) is 24.3 Å². The first-order valence-corrected chi connectivity index (χ1v) is 6.38. The highest BCUT2D eigenvalue weighted by atomic mass is 16.5. The van der Waals surface area contributed by atoms with Gasteiger partial charge >= 0.3 is 5.97 Å². The number of methoxy groups -OCH3 is 1. The van der Waals surface area contributed by atoms with Gasteiger partial charge in [-0.05, 0) is 42.5 Å². The first kappa shape index (κ1) is 12.6. The van der Waals surface area contributed by atoms with E-state index in [-0.39, 0.29) is 5.97 Å². The van der Waals surface area contributed by atoms with E-state index in [2.05, 4.69) is 6.07 Å². The van der Waals surface area contributed by atoms with Gasteiger partial charge in [0, 0.05) is 0 Å². The van der Waals surface area contributed by atoms with Gasteiger partial charge in [0.1, 0.15) is 0 Å². The standard InChI is InChI=1S/C15H17NO2/c1-18-15(17)12-7-8-13(10-16)14(9-12)11-5-3-2-4-6-11/h7-9,11H,2-6H2,1H3. The lowest BCUT2D eigenvalue weighted by Crippen LogP contribution is -2.09. The van der Waals surface area contributed by atoms with Crippen LogP contribution in [0.3, 0.4) is 0 Å². The maximum atomic E-state index is 11.5. The van der Waals surface area contributed by atoms with Crippen LogP contribution in [-0.4, -0.2) is 13.1 Å². The first-order valence-electron chi connectivity index (χ1n) is 6.38. The van der Waals surface area contributed by atoms with Crippen molar-refractivity contribution in [2.75, 3.05) is 7.11 Å². The molecule has 3 heteroatoms. The number of hydrogen-bond donors (Lipinski definition) is 0. The van der Waals surface area contributed by atoms with Crippen molar-refractivity contribution < 1.29 is 9.53 Å². The van der Waals surface area contributed by atoms with E-state index < -0.39 is 0 Å². The second-order valence-corrected chi connectivity index (χ2v) is 4.74. The van der Waals surface area contributed by atoms with E-state index >= 15 is 0 Å². The van der Waals surface area contributed by atoms with Crippen LogP contribution in [0, 0.1) is 11.3 Å². The Morgan fingerprint density at radius 3 is 2.67 bits per heavy atom. The Bertz CT molecular complexity index is 482. The van der Waals surface area contributed by atoms with Gasteiger partial charge in [-0.1, -0.05) is 19.3 Å². The summed E-state index contributed by atoms with van der Waals surface area (Å²) in [5, 5.41) is 9.17. The van der Waals surface area contributed by atoms with Crippen LogP contribution >= 0.6 is 0 Å². The minimum atomic E-state index is -0.337. The molecule has 94 valence electrons. The van der Waals surface area contributed by atoms with Crippen molar-refractivity contribution in [3.63, 3.8) is 0 Å². The highest BCUT2D eigenvalue weighted by Gasteiger charge is 2.20. The Morgan fingerprint density at radius 2 is 2.06 bits per heavy atom. The fourth-order valence-corrected chi connectivity index (χ4v) is 2.66. The summed E-state index contributed by atoms with van der Waals surface area (Å²) in [6.45, 7) is 0. The number of carbonyl (C=O) groups is 1. The molecule has 3 nitrogen and oxygen atoms in total. The molecular formula is C15H17NO2. The third-order valence-electron chi connectivity index (χ3n) is 3.64. The van der Waals surface area contributed by atoms with Gasteiger partial charge < -0.3 is 4.74 Å². The lowest BCUT2D eigenvalue weighted by Gasteiger charge is -2.23.